The maximum Gasteiger partial charge on any atom is -0.000138 e. The maximum atomic E-state index is 2.52. The lowest BCUT2D eigenvalue weighted by atomic mass is 9.75. The van der Waals surface area contributed by atoms with Crippen LogP contribution in [0.2, 0.25) is 0 Å². The third kappa shape index (κ3) is 14.8. The molecule has 0 saturated heterocycles. The smallest absolute Gasteiger partial charge is 0.000138 e. The zero-order valence-electron chi connectivity index (χ0n) is 72.8. The van der Waals surface area contributed by atoms with Gasteiger partial charge in [-0.25, -0.2) is 0 Å². The fourth-order valence-corrected chi connectivity index (χ4v) is 20.5. The van der Waals surface area contributed by atoms with Crippen molar-refractivity contribution < 1.29 is 0 Å². The lowest BCUT2D eigenvalue weighted by molar-refractivity contribution is 1.58. The molecule has 0 amide bonds. The highest BCUT2D eigenvalue weighted by molar-refractivity contribution is 6.37. The van der Waals surface area contributed by atoms with Gasteiger partial charge in [-0.2, -0.15) is 0 Å². The van der Waals surface area contributed by atoms with E-state index >= 15 is 0 Å². The second-order valence-corrected chi connectivity index (χ2v) is 34.2. The highest BCUT2D eigenvalue weighted by Crippen LogP contribution is 2.59. The third-order valence-electron chi connectivity index (χ3n) is 26.5. The maximum absolute atomic E-state index is 2.52. The largest absolute Gasteiger partial charge is 0.0622 e. The minimum absolute atomic E-state index is 1.15. The van der Waals surface area contributed by atoms with Gasteiger partial charge >= 0.3 is 0 Å². The van der Waals surface area contributed by atoms with Gasteiger partial charge in [0.25, 0.3) is 0 Å². The molecule has 0 unspecified atom stereocenters. The first kappa shape index (κ1) is 79.5. The first-order valence-corrected chi connectivity index (χ1v) is 45.7. The van der Waals surface area contributed by atoms with Crippen LogP contribution < -0.4 is 0 Å². The zero-order valence-corrected chi connectivity index (χ0v) is 72.8. The Morgan fingerprint density at radius 3 is 0.341 bits per heavy atom. The van der Waals surface area contributed by atoms with Crippen LogP contribution in [0.5, 0.6) is 0 Å². The molecule has 0 aliphatic rings. The predicted octanol–water partition coefficient (Wildman–Crippen LogP) is 37.0. The van der Waals surface area contributed by atoms with E-state index in [0.29, 0.717) is 0 Å². The van der Waals surface area contributed by atoms with Crippen LogP contribution in [-0.4, -0.2) is 0 Å². The monoisotopic (exact) mass is 1670 g/mol. The summed E-state index contributed by atoms with van der Waals surface area (Å²) in [6.07, 6.45) is 0. The molecule has 0 spiro atoms. The Hall–Kier alpha value is -17.2. The SMILES string of the molecule is c1ccc(-c2ccc(-c3c4cc(-c5ccccc5)c(-c5ccccc5)cc4c(-c4ccc(-c5ccccc5)cc4)c4c(-c5ccccc5)c5cc(-c6ccccc6)c(-c6ccccc6)cc5c(-c5ccccc5)c34)cc2)cc1.c1ccc(-c2ccc(-c3c4ccccc4c(-c4ccc(-c5ccccc5)cc4)c4c(-c5ccccc5)c5ccccc5c(-c5ccccc5)c34)cc2)cc1. The van der Waals surface area contributed by atoms with Crippen LogP contribution in [-0.2, 0) is 0 Å². The summed E-state index contributed by atoms with van der Waals surface area (Å²) < 4.78 is 0. The van der Waals surface area contributed by atoms with E-state index in [1.54, 1.807) is 0 Å². The van der Waals surface area contributed by atoms with Crippen molar-refractivity contribution in [1.29, 1.82) is 0 Å². The molecule has 0 atom stereocenters. The molecule has 0 saturated carbocycles. The standard InChI is InChI=1S/C78H52.C54H36/c1-9-25-53(26-10-1)55-41-45-63(46-42-55)75-71-51-67(59-33-17-5-18-34-59)68(60-35-19-6-20-36-60)52-72(71)76(64-47-43-56(44-48-64)54-27-11-2-12-28-54)78-74(62-39-23-8-24-40-62)70-50-66(58-31-15-4-16-32-58)65(57-29-13-3-14-30-57)49-69(70)73(77(75)78)61-37-21-7-22-38-61;1-5-17-37(18-6-1)39-29-33-43(34-30-39)51-47-27-15-16-28-48(47)52(44-35-31-40(32-36-44)38-19-7-2-8-20-38)54-50(42-23-11-4-12-24-42)46-26-14-13-25-45(46)49(53(51)54)41-21-9-3-10-22-41/h1-52H;1-36H. The molecule has 0 N–H and O–H groups in total. The van der Waals surface area contributed by atoms with Gasteiger partial charge in [-0.15, -0.1) is 0 Å². The summed E-state index contributed by atoms with van der Waals surface area (Å²) in [5, 5.41) is 14.7. The molecule has 0 radical (unpaired) electrons. The van der Waals surface area contributed by atoms with Crippen LogP contribution in [0.15, 0.2) is 534 Å². The van der Waals surface area contributed by atoms with Crippen LogP contribution in [0.4, 0.5) is 0 Å². The van der Waals surface area contributed by atoms with Gasteiger partial charge in [0.1, 0.15) is 0 Å². The molecule has 0 aliphatic heterocycles. The Labute approximate surface area is 770 Å². The molecule has 0 aromatic heterocycles. The van der Waals surface area contributed by atoms with E-state index in [9.17, 15) is 0 Å². The molecule has 24 aromatic rings. The minimum atomic E-state index is 1.15. The lowest BCUT2D eigenvalue weighted by Gasteiger charge is -2.27. The molecule has 24 rings (SSSR count). The Kier molecular flexibility index (Phi) is 21.2. The second kappa shape index (κ2) is 35.2. The lowest BCUT2D eigenvalue weighted by Crippen LogP contribution is -2.00. The number of rotatable bonds is 16. The number of hydrogen-bond acceptors (Lipinski definition) is 0. The van der Waals surface area contributed by atoms with Crippen molar-refractivity contribution in [3.05, 3.63) is 534 Å². The first-order valence-electron chi connectivity index (χ1n) is 45.7. The molecule has 616 valence electrons. The number of benzene rings is 24. The van der Waals surface area contributed by atoms with E-state index in [1.165, 1.54) is 220 Å². The van der Waals surface area contributed by atoms with E-state index in [1.807, 2.05) is 0 Å². The molecule has 0 nitrogen and oxygen atoms in total. The van der Waals surface area contributed by atoms with Gasteiger partial charge in [-0.05, 0) is 267 Å². The van der Waals surface area contributed by atoms with Gasteiger partial charge in [0, 0.05) is 0 Å². The third-order valence-corrected chi connectivity index (χ3v) is 26.5. The molecule has 0 heterocycles. The molecular formula is C132H88. The van der Waals surface area contributed by atoms with Gasteiger partial charge in [0.2, 0.25) is 0 Å². The van der Waals surface area contributed by atoms with E-state index in [-0.39, 0.29) is 0 Å². The summed E-state index contributed by atoms with van der Waals surface area (Å²) in [6, 6.07) is 196. The summed E-state index contributed by atoms with van der Waals surface area (Å²) >= 11 is 0. The van der Waals surface area contributed by atoms with Gasteiger partial charge < -0.3 is 0 Å². The second-order valence-electron chi connectivity index (χ2n) is 34.2. The van der Waals surface area contributed by atoms with E-state index < -0.39 is 0 Å². The first-order chi connectivity index (χ1) is 65.6. The molecular weight excluding hydrogens is 1590 g/mol. The van der Waals surface area contributed by atoms with Crippen LogP contribution in [0, 0.1) is 0 Å². The normalized spacial score (nSPS) is 11.3. The van der Waals surface area contributed by atoms with Gasteiger partial charge in [0.15, 0.2) is 0 Å². The topological polar surface area (TPSA) is 0 Å². The Balaban J connectivity index is 0.000000160. The highest BCUT2D eigenvalue weighted by Gasteiger charge is 2.31. The summed E-state index contributed by atoms with van der Waals surface area (Å²) in [5.41, 5.74) is 38.3. The summed E-state index contributed by atoms with van der Waals surface area (Å²) in [6.45, 7) is 0. The van der Waals surface area contributed by atoms with Crippen molar-refractivity contribution in [2.24, 2.45) is 0 Å². The molecule has 0 aliphatic carbocycles. The highest BCUT2D eigenvalue weighted by atomic mass is 14.3. The van der Waals surface area contributed by atoms with Crippen LogP contribution in [0.1, 0.15) is 0 Å². The average molecular weight is 1670 g/mol. The zero-order chi connectivity index (χ0) is 87.6. The van der Waals surface area contributed by atoms with Crippen molar-refractivity contribution in [1.82, 2.24) is 0 Å². The van der Waals surface area contributed by atoms with Crippen molar-refractivity contribution in [3.8, 4) is 178 Å². The number of hydrogen-bond donors (Lipinski definition) is 0. The van der Waals surface area contributed by atoms with E-state index in [4.69, 9.17) is 0 Å². The van der Waals surface area contributed by atoms with Crippen molar-refractivity contribution >= 4 is 64.6 Å². The van der Waals surface area contributed by atoms with E-state index in [2.05, 4.69) is 534 Å². The summed E-state index contributed by atoms with van der Waals surface area (Å²) in [4.78, 5) is 0. The Morgan fingerprint density at radius 1 is 0.0758 bits per heavy atom. The average Bonchev–Trinajstić information content (AvgIpc) is 0.676. The van der Waals surface area contributed by atoms with Crippen LogP contribution >= 0.6 is 0 Å². The van der Waals surface area contributed by atoms with E-state index in [0.717, 1.165) is 22.3 Å². The summed E-state index contributed by atoms with van der Waals surface area (Å²) in [7, 11) is 0. The molecule has 24 aromatic carbocycles. The van der Waals surface area contributed by atoms with Gasteiger partial charge in [0.05, 0.1) is 0 Å². The predicted molar refractivity (Wildman–Crippen MR) is 565 cm³/mol. The van der Waals surface area contributed by atoms with Gasteiger partial charge in [-0.1, -0.05) is 510 Å². The Bertz CT molecular complexity index is 7810. The van der Waals surface area contributed by atoms with Gasteiger partial charge in [-0.3, -0.25) is 0 Å². The molecule has 0 heteroatoms. The fraction of sp³-hybridized carbons (Fsp3) is 0. The van der Waals surface area contributed by atoms with Crippen molar-refractivity contribution in [2.45, 2.75) is 0 Å². The molecule has 132 heavy (non-hydrogen) atoms. The summed E-state index contributed by atoms with van der Waals surface area (Å²) in [5.74, 6) is 0. The minimum Gasteiger partial charge on any atom is -0.0622 e. The van der Waals surface area contributed by atoms with Crippen molar-refractivity contribution in [2.75, 3.05) is 0 Å². The van der Waals surface area contributed by atoms with Crippen LogP contribution in [0.3, 0.4) is 0 Å². The fourth-order valence-electron chi connectivity index (χ4n) is 20.5. The molecule has 0 fully saturated rings. The van der Waals surface area contributed by atoms with Crippen molar-refractivity contribution in [3.63, 3.8) is 0 Å². The Morgan fingerprint density at radius 2 is 0.182 bits per heavy atom. The molecule has 0 bridgehead atoms. The van der Waals surface area contributed by atoms with Crippen LogP contribution in [0.25, 0.3) is 243 Å². The number of fused-ring (bicyclic) bond motifs is 6. The quantitative estimate of drug-likeness (QED) is 0.0846.